The van der Waals surface area contributed by atoms with Crippen LogP contribution in [0.5, 0.6) is 0 Å². The topological polar surface area (TPSA) is 105 Å². The molecule has 0 spiro atoms. The maximum Gasteiger partial charge on any atom is 0.326 e. The van der Waals surface area contributed by atoms with E-state index in [9.17, 15) is 14.7 Å². The molecule has 7 nitrogen and oxygen atoms in total. The Balaban J connectivity index is 2.05. The first-order valence-electron chi connectivity index (χ1n) is 9.17. The van der Waals surface area contributed by atoms with Crippen LogP contribution in [0, 0.1) is 5.92 Å². The van der Waals surface area contributed by atoms with Crippen molar-refractivity contribution < 1.29 is 19.2 Å². The fraction of sp³-hybridized carbons (Fsp3) is 0.579. The first-order chi connectivity index (χ1) is 12.3. The van der Waals surface area contributed by atoms with Crippen molar-refractivity contribution in [1.29, 1.82) is 0 Å². The summed E-state index contributed by atoms with van der Waals surface area (Å²) in [6.07, 6.45) is 2.73. The fourth-order valence-electron chi connectivity index (χ4n) is 3.06. The van der Waals surface area contributed by atoms with Crippen molar-refractivity contribution in [3.63, 3.8) is 0 Å². The quantitative estimate of drug-likeness (QED) is 0.784. The summed E-state index contributed by atoms with van der Waals surface area (Å²) in [4.78, 5) is 29.1. The van der Waals surface area contributed by atoms with Crippen molar-refractivity contribution >= 4 is 23.0 Å². The molecule has 0 bridgehead atoms. The molecule has 140 valence electrons. The molecular formula is C19H25N3O4. The van der Waals surface area contributed by atoms with Gasteiger partial charge in [-0.3, -0.25) is 4.79 Å². The number of hydrogen-bond acceptors (Lipinski definition) is 5. The molecule has 2 N–H and O–H groups in total. The van der Waals surface area contributed by atoms with Crippen molar-refractivity contribution in [2.45, 2.75) is 64.8 Å². The molecule has 0 aromatic carbocycles. The van der Waals surface area contributed by atoms with Crippen molar-refractivity contribution in [1.82, 2.24) is 15.5 Å². The van der Waals surface area contributed by atoms with Crippen LogP contribution >= 0.6 is 0 Å². The van der Waals surface area contributed by atoms with Crippen LogP contribution < -0.4 is 5.32 Å². The summed E-state index contributed by atoms with van der Waals surface area (Å²) in [6.45, 7) is 7.65. The van der Waals surface area contributed by atoms with Gasteiger partial charge in [0.2, 0.25) is 0 Å². The number of fused-ring (bicyclic) bond motifs is 1. The number of aliphatic carboxylic acids is 1. The van der Waals surface area contributed by atoms with Gasteiger partial charge in [-0.2, -0.15) is 0 Å². The van der Waals surface area contributed by atoms with Gasteiger partial charge in [0, 0.05) is 11.6 Å². The molecule has 2 atom stereocenters. The van der Waals surface area contributed by atoms with Crippen LogP contribution in [0.2, 0.25) is 0 Å². The molecule has 0 saturated heterocycles. The highest BCUT2D eigenvalue weighted by molar-refractivity contribution is 6.07. The summed E-state index contributed by atoms with van der Waals surface area (Å²) in [5, 5.41) is 16.8. The van der Waals surface area contributed by atoms with Crippen LogP contribution in [0.4, 0.5) is 0 Å². The van der Waals surface area contributed by atoms with Gasteiger partial charge in [0.05, 0.1) is 16.6 Å². The SMILES string of the molecule is CC[C@H](C)[C@H](NC(=O)c1cc(C2CC2)nc2onc(C(C)C)c12)C(=O)O. The largest absolute Gasteiger partial charge is 0.480 e. The van der Waals surface area contributed by atoms with E-state index in [0.717, 1.165) is 18.5 Å². The number of carboxylic acid groups (broad SMARTS) is 1. The van der Waals surface area contributed by atoms with Crippen LogP contribution in [0.1, 0.15) is 80.5 Å². The van der Waals surface area contributed by atoms with E-state index in [4.69, 9.17) is 4.52 Å². The van der Waals surface area contributed by atoms with E-state index >= 15 is 0 Å². The lowest BCUT2D eigenvalue weighted by atomic mass is 9.97. The third-order valence-electron chi connectivity index (χ3n) is 5.05. The summed E-state index contributed by atoms with van der Waals surface area (Å²) in [5.41, 5.74) is 2.22. The van der Waals surface area contributed by atoms with Crippen LogP contribution in [-0.4, -0.2) is 33.2 Å². The normalized spacial score (nSPS) is 16.7. The molecular weight excluding hydrogens is 334 g/mol. The summed E-state index contributed by atoms with van der Waals surface area (Å²) in [6, 6.07) is 0.830. The number of nitrogens with one attached hydrogen (secondary N) is 1. The second-order valence-electron chi connectivity index (χ2n) is 7.45. The highest BCUT2D eigenvalue weighted by Crippen LogP contribution is 2.41. The lowest BCUT2D eigenvalue weighted by molar-refractivity contribution is -0.140. The van der Waals surface area contributed by atoms with E-state index < -0.39 is 17.9 Å². The minimum absolute atomic E-state index is 0.0567. The highest BCUT2D eigenvalue weighted by Gasteiger charge is 2.31. The molecule has 0 radical (unpaired) electrons. The molecule has 0 aliphatic heterocycles. The summed E-state index contributed by atoms with van der Waals surface area (Å²) in [7, 11) is 0. The van der Waals surface area contributed by atoms with E-state index in [2.05, 4.69) is 15.5 Å². The van der Waals surface area contributed by atoms with Gasteiger partial charge in [-0.25, -0.2) is 9.78 Å². The first kappa shape index (κ1) is 18.4. The molecule has 1 fully saturated rings. The molecule has 3 rings (SSSR count). The third kappa shape index (κ3) is 3.43. The molecule has 2 heterocycles. The Morgan fingerprint density at radius 2 is 2.04 bits per heavy atom. The van der Waals surface area contributed by atoms with Gasteiger partial charge in [-0.1, -0.05) is 39.3 Å². The van der Waals surface area contributed by atoms with E-state index in [-0.39, 0.29) is 11.8 Å². The average molecular weight is 359 g/mol. The number of amides is 1. The third-order valence-corrected chi connectivity index (χ3v) is 5.05. The van der Waals surface area contributed by atoms with E-state index in [0.29, 0.717) is 34.7 Å². The molecule has 1 aliphatic rings. The Morgan fingerprint density at radius 3 is 2.58 bits per heavy atom. The number of aromatic nitrogens is 2. The molecule has 2 aromatic rings. The van der Waals surface area contributed by atoms with Crippen LogP contribution in [0.3, 0.4) is 0 Å². The van der Waals surface area contributed by atoms with Gasteiger partial charge in [-0.05, 0) is 30.7 Å². The zero-order valence-electron chi connectivity index (χ0n) is 15.6. The van der Waals surface area contributed by atoms with Gasteiger partial charge in [0.1, 0.15) is 6.04 Å². The molecule has 2 aromatic heterocycles. The second-order valence-corrected chi connectivity index (χ2v) is 7.45. The first-order valence-corrected chi connectivity index (χ1v) is 9.17. The van der Waals surface area contributed by atoms with Crippen LogP contribution in [0.15, 0.2) is 10.6 Å². The minimum Gasteiger partial charge on any atom is -0.480 e. The molecule has 1 saturated carbocycles. The number of pyridine rings is 1. The standard InChI is InChI=1S/C19H25N3O4/c1-5-10(4)16(19(24)25)21-17(23)12-8-13(11-6-7-11)20-18-14(12)15(9(2)3)22-26-18/h8-11,16H,5-7H2,1-4H3,(H,21,23)(H,24,25)/t10-,16-/m0/s1. The van der Waals surface area contributed by atoms with Crippen LogP contribution in [0.25, 0.3) is 11.1 Å². The Morgan fingerprint density at radius 1 is 1.35 bits per heavy atom. The van der Waals surface area contributed by atoms with Gasteiger partial charge in [-0.15, -0.1) is 0 Å². The number of hydrogen-bond donors (Lipinski definition) is 2. The molecule has 1 amide bonds. The summed E-state index contributed by atoms with van der Waals surface area (Å²) < 4.78 is 5.38. The summed E-state index contributed by atoms with van der Waals surface area (Å²) >= 11 is 0. The maximum atomic E-state index is 13.0. The molecule has 26 heavy (non-hydrogen) atoms. The van der Waals surface area contributed by atoms with Gasteiger partial charge < -0.3 is 14.9 Å². The van der Waals surface area contributed by atoms with E-state index in [1.807, 2.05) is 27.7 Å². The summed E-state index contributed by atoms with van der Waals surface area (Å²) in [5.74, 6) is -1.24. The van der Waals surface area contributed by atoms with Crippen molar-refractivity contribution in [2.75, 3.05) is 0 Å². The second kappa shape index (κ2) is 7.05. The number of carbonyl (C=O) groups excluding carboxylic acids is 1. The van der Waals surface area contributed by atoms with Gasteiger partial charge in [0.15, 0.2) is 0 Å². The van der Waals surface area contributed by atoms with Crippen molar-refractivity contribution in [3.8, 4) is 0 Å². The molecule has 0 unspecified atom stereocenters. The predicted octanol–water partition coefficient (Wildman–Crippen LogP) is 3.45. The Kier molecular flexibility index (Phi) is 4.98. The zero-order chi connectivity index (χ0) is 19.0. The minimum atomic E-state index is -1.03. The fourth-order valence-corrected chi connectivity index (χ4v) is 3.06. The van der Waals surface area contributed by atoms with E-state index in [1.165, 1.54) is 0 Å². The van der Waals surface area contributed by atoms with Crippen molar-refractivity contribution in [2.24, 2.45) is 5.92 Å². The highest BCUT2D eigenvalue weighted by atomic mass is 16.5. The van der Waals surface area contributed by atoms with E-state index in [1.54, 1.807) is 6.07 Å². The molecule has 7 heteroatoms. The number of carbonyl (C=O) groups is 2. The van der Waals surface area contributed by atoms with Gasteiger partial charge in [0.25, 0.3) is 11.6 Å². The monoisotopic (exact) mass is 359 g/mol. The van der Waals surface area contributed by atoms with Crippen LogP contribution in [-0.2, 0) is 4.79 Å². The van der Waals surface area contributed by atoms with Gasteiger partial charge >= 0.3 is 5.97 Å². The number of rotatable bonds is 7. The number of nitrogens with zero attached hydrogens (tertiary/aromatic N) is 2. The Labute approximate surface area is 152 Å². The number of carboxylic acids is 1. The smallest absolute Gasteiger partial charge is 0.326 e. The molecule has 1 aliphatic carbocycles. The maximum absolute atomic E-state index is 13.0. The lowest BCUT2D eigenvalue weighted by Crippen LogP contribution is -2.45. The Hall–Kier alpha value is -2.44. The average Bonchev–Trinajstić information content (AvgIpc) is 3.36. The Bertz CT molecular complexity index is 839. The zero-order valence-corrected chi connectivity index (χ0v) is 15.6. The predicted molar refractivity (Wildman–Crippen MR) is 96.2 cm³/mol. The van der Waals surface area contributed by atoms with Crippen molar-refractivity contribution in [3.05, 3.63) is 23.0 Å². The lowest BCUT2D eigenvalue weighted by Gasteiger charge is -2.20.